The predicted molar refractivity (Wildman–Crippen MR) is 68.6 cm³/mol. The number of aromatic amines is 1. The minimum atomic E-state index is -0.483. The molecular formula is C11H10N4O2S. The van der Waals surface area contributed by atoms with E-state index in [9.17, 15) is 4.79 Å². The van der Waals surface area contributed by atoms with Crippen molar-refractivity contribution < 1.29 is 4.42 Å². The van der Waals surface area contributed by atoms with E-state index in [0.717, 1.165) is 10.1 Å². The average Bonchev–Trinajstić information content (AvgIpc) is 2.85. The highest BCUT2D eigenvalue weighted by atomic mass is 32.2. The summed E-state index contributed by atoms with van der Waals surface area (Å²) in [6.07, 6.45) is 3.58. The monoisotopic (exact) mass is 262 g/mol. The number of anilines is 1. The van der Waals surface area contributed by atoms with Crippen molar-refractivity contribution in [3.05, 3.63) is 35.1 Å². The van der Waals surface area contributed by atoms with E-state index in [0.29, 0.717) is 16.8 Å². The van der Waals surface area contributed by atoms with Gasteiger partial charge in [-0.1, -0.05) is 0 Å². The maximum absolute atomic E-state index is 11.1. The van der Waals surface area contributed by atoms with Gasteiger partial charge in [0.2, 0.25) is 0 Å². The summed E-state index contributed by atoms with van der Waals surface area (Å²) in [4.78, 5) is 18.7. The number of benzene rings is 1. The quantitative estimate of drug-likeness (QED) is 0.684. The summed E-state index contributed by atoms with van der Waals surface area (Å²) in [6, 6.07) is 3.42. The summed E-state index contributed by atoms with van der Waals surface area (Å²) in [5, 5.41) is 0.826. The highest BCUT2D eigenvalue weighted by Crippen LogP contribution is 2.33. The van der Waals surface area contributed by atoms with Crippen LogP contribution in [0.25, 0.3) is 11.1 Å². The number of hydrogen-bond donors (Lipinski definition) is 2. The zero-order valence-electron chi connectivity index (χ0n) is 9.51. The maximum atomic E-state index is 11.1. The first-order valence-electron chi connectivity index (χ1n) is 5.21. The molecule has 0 radical (unpaired) electrons. The van der Waals surface area contributed by atoms with Crippen LogP contribution >= 0.6 is 11.8 Å². The number of nitrogens with zero attached hydrogens (tertiary/aromatic N) is 2. The average molecular weight is 262 g/mol. The largest absolute Gasteiger partial charge is 0.417 e. The minimum Gasteiger partial charge on any atom is -0.408 e. The molecule has 3 rings (SSSR count). The van der Waals surface area contributed by atoms with Gasteiger partial charge < -0.3 is 14.7 Å². The summed E-state index contributed by atoms with van der Waals surface area (Å²) in [5.41, 5.74) is 7.57. The van der Waals surface area contributed by atoms with Gasteiger partial charge >= 0.3 is 5.76 Å². The second-order valence-electron chi connectivity index (χ2n) is 3.82. The number of nitrogen functional groups attached to an aromatic ring is 1. The van der Waals surface area contributed by atoms with Crippen molar-refractivity contribution in [1.29, 1.82) is 0 Å². The highest BCUT2D eigenvalue weighted by Gasteiger charge is 2.10. The van der Waals surface area contributed by atoms with E-state index in [2.05, 4.69) is 9.97 Å². The number of hydrogen-bond acceptors (Lipinski definition) is 5. The lowest BCUT2D eigenvalue weighted by Crippen LogP contribution is -1.93. The van der Waals surface area contributed by atoms with Crippen LogP contribution in [0.1, 0.15) is 0 Å². The molecule has 6 nitrogen and oxygen atoms in total. The van der Waals surface area contributed by atoms with Crippen molar-refractivity contribution in [1.82, 2.24) is 14.5 Å². The number of oxazole rings is 1. The maximum Gasteiger partial charge on any atom is 0.417 e. The minimum absolute atomic E-state index is 0.460. The van der Waals surface area contributed by atoms with Crippen molar-refractivity contribution >= 4 is 28.5 Å². The Balaban J connectivity index is 2.08. The van der Waals surface area contributed by atoms with Crippen molar-refractivity contribution in [3.63, 3.8) is 0 Å². The normalized spacial score (nSPS) is 11.2. The Morgan fingerprint density at radius 1 is 1.50 bits per heavy atom. The van der Waals surface area contributed by atoms with Crippen LogP contribution in [0.5, 0.6) is 0 Å². The molecule has 0 aliphatic carbocycles. The van der Waals surface area contributed by atoms with Crippen LogP contribution in [0.4, 0.5) is 5.69 Å². The molecule has 7 heteroatoms. The number of rotatable bonds is 2. The SMILES string of the molecule is Cn1ccnc1Sc1cc2[nH]c(=O)oc2cc1N. The molecule has 0 atom stereocenters. The molecule has 0 spiro atoms. The molecule has 0 bridgehead atoms. The zero-order valence-corrected chi connectivity index (χ0v) is 10.3. The number of nitrogens with one attached hydrogen (secondary N) is 1. The van der Waals surface area contributed by atoms with E-state index in [1.54, 1.807) is 18.3 Å². The Hall–Kier alpha value is -2.15. The van der Waals surface area contributed by atoms with E-state index in [1.807, 2.05) is 17.8 Å². The van der Waals surface area contributed by atoms with Crippen molar-refractivity contribution in [3.8, 4) is 0 Å². The fraction of sp³-hybridized carbons (Fsp3) is 0.0909. The Kier molecular flexibility index (Phi) is 2.41. The van der Waals surface area contributed by atoms with Gasteiger partial charge in [0.1, 0.15) is 0 Å². The number of aryl methyl sites for hydroxylation is 1. The smallest absolute Gasteiger partial charge is 0.408 e. The summed E-state index contributed by atoms with van der Waals surface area (Å²) in [7, 11) is 1.91. The molecule has 2 aromatic heterocycles. The lowest BCUT2D eigenvalue weighted by atomic mass is 10.3. The van der Waals surface area contributed by atoms with Gasteiger partial charge in [0, 0.05) is 36.1 Å². The summed E-state index contributed by atoms with van der Waals surface area (Å²) in [5.74, 6) is -0.483. The molecule has 3 aromatic rings. The third-order valence-corrected chi connectivity index (χ3v) is 3.68. The highest BCUT2D eigenvalue weighted by molar-refractivity contribution is 7.99. The van der Waals surface area contributed by atoms with Gasteiger partial charge in [-0.25, -0.2) is 9.78 Å². The number of imidazole rings is 1. The fourth-order valence-electron chi connectivity index (χ4n) is 1.63. The Morgan fingerprint density at radius 2 is 2.33 bits per heavy atom. The van der Waals surface area contributed by atoms with E-state index in [4.69, 9.17) is 10.2 Å². The second-order valence-corrected chi connectivity index (χ2v) is 4.83. The molecular weight excluding hydrogens is 252 g/mol. The summed E-state index contributed by atoms with van der Waals surface area (Å²) >= 11 is 1.43. The van der Waals surface area contributed by atoms with Crippen LogP contribution in [-0.4, -0.2) is 14.5 Å². The molecule has 3 N–H and O–H groups in total. The summed E-state index contributed by atoms with van der Waals surface area (Å²) in [6.45, 7) is 0. The van der Waals surface area contributed by atoms with Gasteiger partial charge in [-0.3, -0.25) is 4.98 Å². The molecule has 2 heterocycles. The lowest BCUT2D eigenvalue weighted by Gasteiger charge is -2.04. The first kappa shape index (κ1) is 11.0. The van der Waals surface area contributed by atoms with Crippen LogP contribution in [-0.2, 0) is 7.05 Å². The molecule has 0 amide bonds. The molecule has 1 aromatic carbocycles. The first-order chi connectivity index (χ1) is 8.63. The lowest BCUT2D eigenvalue weighted by molar-refractivity contribution is 0.555. The number of fused-ring (bicyclic) bond motifs is 1. The van der Waals surface area contributed by atoms with Crippen LogP contribution in [0, 0.1) is 0 Å². The number of nitrogens with two attached hydrogens (primary N) is 1. The zero-order chi connectivity index (χ0) is 12.7. The fourth-order valence-corrected chi connectivity index (χ4v) is 2.50. The molecule has 0 aliphatic heterocycles. The van der Waals surface area contributed by atoms with Crippen LogP contribution in [0.2, 0.25) is 0 Å². The first-order valence-corrected chi connectivity index (χ1v) is 6.02. The van der Waals surface area contributed by atoms with E-state index < -0.39 is 5.76 Å². The topological polar surface area (TPSA) is 89.8 Å². The van der Waals surface area contributed by atoms with Gasteiger partial charge in [0.15, 0.2) is 10.7 Å². The molecule has 0 unspecified atom stereocenters. The van der Waals surface area contributed by atoms with Crippen LogP contribution in [0.3, 0.4) is 0 Å². The van der Waals surface area contributed by atoms with Gasteiger partial charge in [0.25, 0.3) is 0 Å². The van der Waals surface area contributed by atoms with Crippen molar-refractivity contribution in [2.24, 2.45) is 7.05 Å². The van der Waals surface area contributed by atoms with Gasteiger partial charge in [-0.15, -0.1) is 0 Å². The van der Waals surface area contributed by atoms with Gasteiger partial charge in [0.05, 0.1) is 5.52 Å². The standard InChI is InChI=1S/C11H10N4O2S/c1-15-3-2-13-10(15)18-9-5-7-8(4-6(9)12)17-11(16)14-7/h2-5H,12H2,1H3,(H,14,16). The van der Waals surface area contributed by atoms with Crippen LogP contribution in [0.15, 0.2) is 43.8 Å². The van der Waals surface area contributed by atoms with E-state index in [-0.39, 0.29) is 0 Å². The number of aromatic nitrogens is 3. The molecule has 18 heavy (non-hydrogen) atoms. The van der Waals surface area contributed by atoms with E-state index in [1.165, 1.54) is 11.8 Å². The molecule has 0 saturated carbocycles. The van der Waals surface area contributed by atoms with Gasteiger partial charge in [-0.2, -0.15) is 0 Å². The third kappa shape index (κ3) is 1.78. The third-order valence-electron chi connectivity index (χ3n) is 2.53. The molecule has 92 valence electrons. The van der Waals surface area contributed by atoms with Gasteiger partial charge in [-0.05, 0) is 17.8 Å². The Labute approximate surface area is 106 Å². The Bertz CT molecular complexity index is 771. The number of H-pyrrole nitrogens is 1. The van der Waals surface area contributed by atoms with Crippen LogP contribution < -0.4 is 11.5 Å². The van der Waals surface area contributed by atoms with Crippen molar-refractivity contribution in [2.45, 2.75) is 10.1 Å². The molecule has 0 saturated heterocycles. The second kappa shape index (κ2) is 3.95. The van der Waals surface area contributed by atoms with E-state index >= 15 is 0 Å². The Morgan fingerprint density at radius 3 is 3.06 bits per heavy atom. The molecule has 0 fully saturated rings. The predicted octanol–water partition coefficient (Wildman–Crippen LogP) is 1.59. The molecule has 0 aliphatic rings. The van der Waals surface area contributed by atoms with Crippen molar-refractivity contribution in [2.75, 3.05) is 5.73 Å². The summed E-state index contributed by atoms with van der Waals surface area (Å²) < 4.78 is 6.84.